The van der Waals surface area contributed by atoms with Gasteiger partial charge in [0.15, 0.2) is 11.6 Å². The highest BCUT2D eigenvalue weighted by Crippen LogP contribution is 2.35. The fourth-order valence-electron chi connectivity index (χ4n) is 2.65. The van der Waals surface area contributed by atoms with E-state index < -0.39 is 5.60 Å². The monoisotopic (exact) mass is 252 g/mol. The summed E-state index contributed by atoms with van der Waals surface area (Å²) in [5, 5.41) is 10.4. The van der Waals surface area contributed by atoms with E-state index in [-0.39, 0.29) is 11.6 Å². The van der Waals surface area contributed by atoms with Crippen LogP contribution in [0.1, 0.15) is 38.2 Å². The van der Waals surface area contributed by atoms with Gasteiger partial charge in [-0.1, -0.05) is 25.3 Å². The van der Waals surface area contributed by atoms with E-state index in [1.54, 1.807) is 6.07 Å². The van der Waals surface area contributed by atoms with Crippen LogP contribution in [-0.2, 0) is 6.42 Å². The first-order valence-corrected chi connectivity index (χ1v) is 6.55. The van der Waals surface area contributed by atoms with E-state index in [9.17, 15) is 9.50 Å². The van der Waals surface area contributed by atoms with Crippen molar-refractivity contribution in [3.05, 3.63) is 29.6 Å². The molecule has 0 aliphatic heterocycles. The van der Waals surface area contributed by atoms with Crippen LogP contribution in [0.4, 0.5) is 4.39 Å². The molecule has 0 aromatic heterocycles. The van der Waals surface area contributed by atoms with Crippen molar-refractivity contribution >= 4 is 0 Å². The molecule has 1 aromatic rings. The largest absolute Gasteiger partial charge is 0.494 e. The second kappa shape index (κ2) is 5.27. The Bertz CT molecular complexity index is 411. The van der Waals surface area contributed by atoms with Crippen LogP contribution in [0.2, 0.25) is 0 Å². The zero-order valence-electron chi connectivity index (χ0n) is 11.1. The highest BCUT2D eigenvalue weighted by atomic mass is 19.1. The number of aliphatic hydroxyl groups is 1. The van der Waals surface area contributed by atoms with Gasteiger partial charge in [0.25, 0.3) is 0 Å². The molecule has 2 nitrogen and oxygen atoms in total. The lowest BCUT2D eigenvalue weighted by molar-refractivity contribution is 0.0204. The first-order valence-electron chi connectivity index (χ1n) is 6.55. The summed E-state index contributed by atoms with van der Waals surface area (Å²) in [4.78, 5) is 0. The molecule has 1 fully saturated rings. The van der Waals surface area contributed by atoms with E-state index in [0.717, 1.165) is 12.0 Å². The molecule has 100 valence electrons. The number of ether oxygens (including phenoxy) is 1. The highest BCUT2D eigenvalue weighted by molar-refractivity contribution is 5.30. The van der Waals surface area contributed by atoms with E-state index >= 15 is 0 Å². The van der Waals surface area contributed by atoms with Crippen molar-refractivity contribution in [1.29, 1.82) is 0 Å². The van der Waals surface area contributed by atoms with Gasteiger partial charge in [0.2, 0.25) is 0 Å². The molecule has 0 saturated heterocycles. The summed E-state index contributed by atoms with van der Waals surface area (Å²) in [6.45, 7) is 1.84. The van der Waals surface area contributed by atoms with Gasteiger partial charge in [-0.25, -0.2) is 4.39 Å². The Labute approximate surface area is 108 Å². The van der Waals surface area contributed by atoms with Gasteiger partial charge in [0.1, 0.15) is 0 Å². The van der Waals surface area contributed by atoms with Crippen molar-refractivity contribution in [2.24, 2.45) is 5.92 Å². The third-order valence-electron chi connectivity index (χ3n) is 3.75. The van der Waals surface area contributed by atoms with Gasteiger partial charge < -0.3 is 9.84 Å². The maximum absolute atomic E-state index is 13.6. The summed E-state index contributed by atoms with van der Waals surface area (Å²) in [5.41, 5.74) is 0.0733. The molecular formula is C15H21FO2. The van der Waals surface area contributed by atoms with E-state index in [2.05, 4.69) is 0 Å². The SMILES string of the molecule is COc1ccc(CC(C)(O)CC2CCC2)cc1F. The molecule has 3 heteroatoms. The molecule has 2 rings (SSSR count). The molecule has 0 radical (unpaired) electrons. The predicted octanol–water partition coefficient (Wildman–Crippen LogP) is 3.32. The lowest BCUT2D eigenvalue weighted by Gasteiger charge is -2.33. The van der Waals surface area contributed by atoms with Gasteiger partial charge in [0.05, 0.1) is 12.7 Å². The zero-order chi connectivity index (χ0) is 13.2. The van der Waals surface area contributed by atoms with Crippen LogP contribution in [-0.4, -0.2) is 17.8 Å². The minimum Gasteiger partial charge on any atom is -0.494 e. The number of hydrogen-bond donors (Lipinski definition) is 1. The maximum Gasteiger partial charge on any atom is 0.165 e. The quantitative estimate of drug-likeness (QED) is 0.871. The Morgan fingerprint density at radius 1 is 1.44 bits per heavy atom. The summed E-state index contributed by atoms with van der Waals surface area (Å²) in [5.74, 6) is 0.523. The van der Waals surface area contributed by atoms with Gasteiger partial charge in [-0.3, -0.25) is 0 Å². The summed E-state index contributed by atoms with van der Waals surface area (Å²) in [7, 11) is 1.45. The van der Waals surface area contributed by atoms with Crippen LogP contribution >= 0.6 is 0 Å². The van der Waals surface area contributed by atoms with Crippen molar-refractivity contribution in [1.82, 2.24) is 0 Å². The van der Waals surface area contributed by atoms with E-state index in [4.69, 9.17) is 4.74 Å². The molecule has 1 aromatic carbocycles. The van der Waals surface area contributed by atoms with Crippen LogP contribution in [0.3, 0.4) is 0 Å². The molecule has 0 amide bonds. The Morgan fingerprint density at radius 3 is 2.67 bits per heavy atom. The second-order valence-electron chi connectivity index (χ2n) is 5.64. The van der Waals surface area contributed by atoms with E-state index in [0.29, 0.717) is 12.3 Å². The lowest BCUT2D eigenvalue weighted by Crippen LogP contribution is -2.32. The van der Waals surface area contributed by atoms with Crippen LogP contribution in [0.15, 0.2) is 18.2 Å². The Balaban J connectivity index is 2.00. The number of hydrogen-bond acceptors (Lipinski definition) is 2. The summed E-state index contributed by atoms with van der Waals surface area (Å²) < 4.78 is 18.4. The third kappa shape index (κ3) is 3.22. The van der Waals surface area contributed by atoms with Crippen molar-refractivity contribution in [3.63, 3.8) is 0 Å². The van der Waals surface area contributed by atoms with Gasteiger partial charge in [0, 0.05) is 6.42 Å². The minimum absolute atomic E-state index is 0.248. The Kier molecular flexibility index (Phi) is 3.91. The first-order chi connectivity index (χ1) is 8.50. The predicted molar refractivity (Wildman–Crippen MR) is 69.2 cm³/mol. The molecule has 0 bridgehead atoms. The standard InChI is InChI=1S/C15H21FO2/c1-15(17,9-11-4-3-5-11)10-12-6-7-14(18-2)13(16)8-12/h6-8,11,17H,3-5,9-10H2,1-2H3. The fourth-order valence-corrected chi connectivity index (χ4v) is 2.65. The maximum atomic E-state index is 13.6. The highest BCUT2D eigenvalue weighted by Gasteiger charge is 2.29. The van der Waals surface area contributed by atoms with Gasteiger partial charge >= 0.3 is 0 Å². The number of benzene rings is 1. The molecule has 0 heterocycles. The molecule has 1 atom stereocenters. The molecule has 1 aliphatic rings. The van der Waals surface area contributed by atoms with Crippen molar-refractivity contribution in [2.75, 3.05) is 7.11 Å². The van der Waals surface area contributed by atoms with Gasteiger partial charge in [-0.2, -0.15) is 0 Å². The molecule has 1 unspecified atom stereocenters. The van der Waals surface area contributed by atoms with Crippen molar-refractivity contribution < 1.29 is 14.2 Å². The Hall–Kier alpha value is -1.09. The minimum atomic E-state index is -0.744. The second-order valence-corrected chi connectivity index (χ2v) is 5.64. The molecular weight excluding hydrogens is 231 g/mol. The average Bonchev–Trinajstić information content (AvgIpc) is 2.24. The normalized spacial score (nSPS) is 19.1. The summed E-state index contributed by atoms with van der Waals surface area (Å²) in [6, 6.07) is 4.88. The first kappa shape index (κ1) is 13.3. The van der Waals surface area contributed by atoms with Gasteiger partial charge in [-0.05, 0) is 37.0 Å². The van der Waals surface area contributed by atoms with Crippen molar-refractivity contribution in [3.8, 4) is 5.75 Å². The molecule has 1 N–H and O–H groups in total. The van der Waals surface area contributed by atoms with E-state index in [1.807, 2.05) is 13.0 Å². The molecule has 1 aliphatic carbocycles. The number of halogens is 1. The van der Waals surface area contributed by atoms with Crippen molar-refractivity contribution in [2.45, 2.75) is 44.6 Å². The topological polar surface area (TPSA) is 29.5 Å². The summed E-state index contributed by atoms with van der Waals surface area (Å²) in [6.07, 6.45) is 5.00. The van der Waals surface area contributed by atoms with Crippen LogP contribution in [0.25, 0.3) is 0 Å². The lowest BCUT2D eigenvalue weighted by atomic mass is 9.76. The number of rotatable bonds is 5. The molecule has 1 saturated carbocycles. The number of methoxy groups -OCH3 is 1. The van der Waals surface area contributed by atoms with Gasteiger partial charge in [-0.15, -0.1) is 0 Å². The zero-order valence-corrected chi connectivity index (χ0v) is 11.1. The third-order valence-corrected chi connectivity index (χ3v) is 3.75. The smallest absolute Gasteiger partial charge is 0.165 e. The average molecular weight is 252 g/mol. The summed E-state index contributed by atoms with van der Waals surface area (Å²) >= 11 is 0. The van der Waals surface area contributed by atoms with Crippen LogP contribution in [0.5, 0.6) is 5.75 Å². The van der Waals surface area contributed by atoms with E-state index in [1.165, 1.54) is 32.4 Å². The fraction of sp³-hybridized carbons (Fsp3) is 0.600. The van der Waals surface area contributed by atoms with Crippen LogP contribution in [0, 0.1) is 11.7 Å². The molecule has 18 heavy (non-hydrogen) atoms. The van der Waals surface area contributed by atoms with Crippen LogP contribution < -0.4 is 4.74 Å². The Morgan fingerprint density at radius 2 is 2.17 bits per heavy atom. The molecule has 0 spiro atoms.